The Labute approximate surface area is 175 Å². The lowest BCUT2D eigenvalue weighted by Gasteiger charge is -2.37. The molecule has 0 saturated heterocycles. The molecule has 6 nitrogen and oxygen atoms in total. The van der Waals surface area contributed by atoms with Gasteiger partial charge in [0.2, 0.25) is 5.60 Å². The Morgan fingerprint density at radius 3 is 2.52 bits per heavy atom. The molecule has 1 aliphatic rings. The highest BCUT2D eigenvalue weighted by molar-refractivity contribution is 5.99. The van der Waals surface area contributed by atoms with Gasteiger partial charge in [0, 0.05) is 23.4 Å². The van der Waals surface area contributed by atoms with Crippen molar-refractivity contribution in [3.05, 3.63) is 58.9 Å². The van der Waals surface area contributed by atoms with E-state index in [1.807, 2.05) is 0 Å². The minimum Gasteiger partial charge on any atom is -0.457 e. The maximum atomic E-state index is 13.9. The van der Waals surface area contributed by atoms with E-state index < -0.39 is 41.3 Å². The van der Waals surface area contributed by atoms with Gasteiger partial charge in [-0.25, -0.2) is 9.18 Å². The number of fused-ring (bicyclic) bond motifs is 1. The summed E-state index contributed by atoms with van der Waals surface area (Å²) in [5.74, 6) is -3.01. The van der Waals surface area contributed by atoms with Gasteiger partial charge in [0.05, 0.1) is 5.56 Å². The predicted octanol–water partition coefficient (Wildman–Crippen LogP) is 3.68. The van der Waals surface area contributed by atoms with Crippen molar-refractivity contribution in [1.29, 1.82) is 0 Å². The lowest BCUT2D eigenvalue weighted by Crippen LogP contribution is -2.57. The number of esters is 1. The first kappa shape index (κ1) is 22.5. The van der Waals surface area contributed by atoms with Crippen LogP contribution in [0.15, 0.2) is 36.4 Å². The standard InChI is InChI=1S/C21H20F4N2O4/c1-19(2,15-8-12(22)3-6-16(15)26)10-20(30,21(23,24)25)18(29)27-13-4-5-14-11(7-13)9-31-17(14)28/h3-8,30H,9-10,26H2,1-2H3,(H,27,29). The summed E-state index contributed by atoms with van der Waals surface area (Å²) in [6, 6.07) is 7.07. The molecule has 10 heteroatoms. The summed E-state index contributed by atoms with van der Waals surface area (Å²) < 4.78 is 60.1. The van der Waals surface area contributed by atoms with Gasteiger partial charge in [0.15, 0.2) is 0 Å². The first-order valence-electron chi connectivity index (χ1n) is 9.21. The minimum absolute atomic E-state index is 0.0242. The topological polar surface area (TPSA) is 102 Å². The van der Waals surface area contributed by atoms with Crippen molar-refractivity contribution < 1.29 is 37.0 Å². The number of carbonyl (C=O) groups is 2. The second-order valence-electron chi connectivity index (χ2n) is 8.05. The van der Waals surface area contributed by atoms with Gasteiger partial charge in [0.1, 0.15) is 12.4 Å². The van der Waals surface area contributed by atoms with Crippen LogP contribution < -0.4 is 11.1 Å². The molecule has 2 aromatic rings. The normalized spacial score (nSPS) is 15.8. The van der Waals surface area contributed by atoms with Gasteiger partial charge >= 0.3 is 12.1 Å². The Morgan fingerprint density at radius 1 is 1.19 bits per heavy atom. The molecule has 0 spiro atoms. The van der Waals surface area contributed by atoms with E-state index in [2.05, 4.69) is 5.32 Å². The number of aliphatic hydroxyl groups is 1. The Bertz CT molecular complexity index is 1050. The molecular formula is C21H20F4N2O4. The SMILES string of the molecule is CC(C)(CC(O)(C(=O)Nc1ccc2c(c1)COC2=O)C(F)(F)F)c1cc(F)ccc1N. The van der Waals surface area contributed by atoms with Crippen LogP contribution in [0.2, 0.25) is 0 Å². The average molecular weight is 440 g/mol. The second-order valence-corrected chi connectivity index (χ2v) is 8.05. The van der Waals surface area contributed by atoms with Crippen LogP contribution in [0.1, 0.15) is 41.8 Å². The van der Waals surface area contributed by atoms with Crippen LogP contribution in [0.3, 0.4) is 0 Å². The molecule has 1 heterocycles. The van der Waals surface area contributed by atoms with Crippen LogP contribution >= 0.6 is 0 Å². The summed E-state index contributed by atoms with van der Waals surface area (Å²) in [6.07, 6.45) is -6.46. The molecule has 1 amide bonds. The number of nitrogens with two attached hydrogens (primary N) is 1. The number of ether oxygens (including phenoxy) is 1. The maximum absolute atomic E-state index is 13.9. The van der Waals surface area contributed by atoms with Gasteiger partial charge in [-0.05, 0) is 47.4 Å². The monoisotopic (exact) mass is 440 g/mol. The number of hydrogen-bond acceptors (Lipinski definition) is 5. The molecule has 3 rings (SSSR count). The summed E-state index contributed by atoms with van der Waals surface area (Å²) in [5.41, 5.74) is 1.11. The fourth-order valence-corrected chi connectivity index (χ4v) is 3.60. The number of rotatable bonds is 5. The van der Waals surface area contributed by atoms with Crippen molar-refractivity contribution in [3.63, 3.8) is 0 Å². The van der Waals surface area contributed by atoms with Crippen LogP contribution in [-0.4, -0.2) is 28.8 Å². The summed E-state index contributed by atoms with van der Waals surface area (Å²) >= 11 is 0. The second kappa shape index (κ2) is 7.52. The molecule has 0 saturated carbocycles. The van der Waals surface area contributed by atoms with Crippen molar-refractivity contribution in [3.8, 4) is 0 Å². The number of halogens is 4. The number of cyclic esters (lactones) is 1. The van der Waals surface area contributed by atoms with E-state index in [4.69, 9.17) is 10.5 Å². The first-order valence-corrected chi connectivity index (χ1v) is 9.21. The van der Waals surface area contributed by atoms with Crippen LogP contribution in [0, 0.1) is 5.82 Å². The number of nitrogens with one attached hydrogen (secondary N) is 1. The molecule has 2 aromatic carbocycles. The summed E-state index contributed by atoms with van der Waals surface area (Å²) in [7, 11) is 0. The predicted molar refractivity (Wildman–Crippen MR) is 104 cm³/mol. The Balaban J connectivity index is 1.92. The van der Waals surface area contributed by atoms with E-state index in [9.17, 15) is 32.3 Å². The smallest absolute Gasteiger partial charge is 0.426 e. The van der Waals surface area contributed by atoms with Crippen LogP contribution in [0.5, 0.6) is 0 Å². The highest BCUT2D eigenvalue weighted by atomic mass is 19.4. The Hall–Kier alpha value is -3.14. The van der Waals surface area contributed by atoms with Crippen molar-refractivity contribution in [2.75, 3.05) is 11.1 Å². The lowest BCUT2D eigenvalue weighted by atomic mass is 9.74. The largest absolute Gasteiger partial charge is 0.457 e. The van der Waals surface area contributed by atoms with Crippen molar-refractivity contribution in [2.24, 2.45) is 0 Å². The zero-order valence-electron chi connectivity index (χ0n) is 16.6. The van der Waals surface area contributed by atoms with Crippen LogP contribution in [-0.2, 0) is 21.6 Å². The highest BCUT2D eigenvalue weighted by Crippen LogP contribution is 2.43. The summed E-state index contributed by atoms with van der Waals surface area (Å²) in [5, 5.41) is 12.6. The van der Waals surface area contributed by atoms with Crippen molar-refractivity contribution >= 4 is 23.3 Å². The molecular weight excluding hydrogens is 420 g/mol. The third-order valence-corrected chi connectivity index (χ3v) is 5.23. The molecule has 1 atom stereocenters. The third kappa shape index (κ3) is 4.20. The maximum Gasteiger partial charge on any atom is 0.426 e. The van der Waals surface area contributed by atoms with E-state index in [0.29, 0.717) is 5.56 Å². The van der Waals surface area contributed by atoms with Gasteiger partial charge in [-0.15, -0.1) is 0 Å². The van der Waals surface area contributed by atoms with E-state index in [1.54, 1.807) is 0 Å². The molecule has 4 N–H and O–H groups in total. The number of alkyl halides is 3. The zero-order valence-corrected chi connectivity index (χ0v) is 16.6. The number of benzene rings is 2. The van der Waals surface area contributed by atoms with E-state index in [-0.39, 0.29) is 29.1 Å². The van der Waals surface area contributed by atoms with Crippen molar-refractivity contribution in [1.82, 2.24) is 0 Å². The fourth-order valence-electron chi connectivity index (χ4n) is 3.60. The molecule has 0 aromatic heterocycles. The molecule has 31 heavy (non-hydrogen) atoms. The Kier molecular flexibility index (Phi) is 5.47. The summed E-state index contributed by atoms with van der Waals surface area (Å²) in [4.78, 5) is 24.1. The molecule has 0 bridgehead atoms. The number of hydrogen-bond donors (Lipinski definition) is 3. The average Bonchev–Trinajstić information content (AvgIpc) is 3.02. The molecule has 1 aliphatic heterocycles. The van der Waals surface area contributed by atoms with E-state index >= 15 is 0 Å². The zero-order chi connectivity index (χ0) is 23.2. The van der Waals surface area contributed by atoms with Gasteiger partial charge in [-0.1, -0.05) is 13.8 Å². The third-order valence-electron chi connectivity index (χ3n) is 5.23. The molecule has 0 radical (unpaired) electrons. The quantitative estimate of drug-likeness (QED) is 0.374. The first-order chi connectivity index (χ1) is 14.2. The number of nitrogen functional groups attached to an aromatic ring is 1. The van der Waals surface area contributed by atoms with Crippen LogP contribution in [0.25, 0.3) is 0 Å². The number of amides is 1. The minimum atomic E-state index is -5.34. The van der Waals surface area contributed by atoms with Crippen molar-refractivity contribution in [2.45, 2.75) is 44.1 Å². The Morgan fingerprint density at radius 2 is 1.87 bits per heavy atom. The lowest BCUT2D eigenvalue weighted by molar-refractivity contribution is -0.254. The molecule has 1 unspecified atom stereocenters. The van der Waals surface area contributed by atoms with E-state index in [0.717, 1.165) is 12.1 Å². The van der Waals surface area contributed by atoms with Gasteiger partial charge in [0.25, 0.3) is 5.91 Å². The summed E-state index contributed by atoms with van der Waals surface area (Å²) in [6.45, 7) is 2.56. The van der Waals surface area contributed by atoms with Gasteiger partial charge in [-0.3, -0.25) is 4.79 Å². The van der Waals surface area contributed by atoms with Crippen LogP contribution in [0.4, 0.5) is 28.9 Å². The highest BCUT2D eigenvalue weighted by Gasteiger charge is 2.61. The van der Waals surface area contributed by atoms with Gasteiger partial charge in [-0.2, -0.15) is 13.2 Å². The number of anilines is 2. The molecule has 0 aliphatic carbocycles. The molecule has 166 valence electrons. The number of carbonyl (C=O) groups excluding carboxylic acids is 2. The van der Waals surface area contributed by atoms with E-state index in [1.165, 1.54) is 38.1 Å². The molecule has 0 fully saturated rings. The van der Waals surface area contributed by atoms with Gasteiger partial charge < -0.3 is 20.9 Å². The fraction of sp³-hybridized carbons (Fsp3) is 0.333.